The zero-order valence-corrected chi connectivity index (χ0v) is 4.33. The maximum Gasteiger partial charge on any atom is 0.288 e. The summed E-state index contributed by atoms with van der Waals surface area (Å²) in [6.07, 6.45) is 5.27. The van der Waals surface area contributed by atoms with Gasteiger partial charge in [0.2, 0.25) is 0 Å². The van der Waals surface area contributed by atoms with Gasteiger partial charge in [-0.25, -0.2) is 0 Å². The van der Waals surface area contributed by atoms with Crippen molar-refractivity contribution in [1.29, 1.82) is 0 Å². The van der Waals surface area contributed by atoms with Crippen LogP contribution in [0.5, 0.6) is 0 Å². The second kappa shape index (κ2) is 2.49. The van der Waals surface area contributed by atoms with E-state index in [-0.39, 0.29) is 0 Å². The Morgan fingerprint density at radius 1 is 1.75 bits per heavy atom. The number of ether oxygens (including phenoxy) is 1. The maximum absolute atomic E-state index is 9.93. The highest BCUT2D eigenvalue weighted by atomic mass is 16.6. The standard InChI is InChI=1S/C5H7NO2/c7-6-5-3-1-2-4-8-5/h1-3H,4,6H2. The summed E-state index contributed by atoms with van der Waals surface area (Å²) in [6.45, 7) is 0.518. The summed E-state index contributed by atoms with van der Waals surface area (Å²) in [7, 11) is 0. The van der Waals surface area contributed by atoms with E-state index < -0.39 is 0 Å². The molecule has 3 nitrogen and oxygen atoms in total. The third kappa shape index (κ3) is 1.08. The minimum atomic E-state index is 0.410. The summed E-state index contributed by atoms with van der Waals surface area (Å²) >= 11 is 0. The van der Waals surface area contributed by atoms with E-state index >= 15 is 0 Å². The van der Waals surface area contributed by atoms with Gasteiger partial charge in [0.15, 0.2) is 0 Å². The SMILES string of the molecule is [O-][NH2+]C1=CC=CCO1. The van der Waals surface area contributed by atoms with Crippen molar-refractivity contribution in [3.63, 3.8) is 0 Å². The lowest BCUT2D eigenvalue weighted by Crippen LogP contribution is -2.75. The summed E-state index contributed by atoms with van der Waals surface area (Å²) < 4.78 is 4.83. The highest BCUT2D eigenvalue weighted by molar-refractivity contribution is 5.06. The predicted molar refractivity (Wildman–Crippen MR) is 28.5 cm³/mol. The quantitative estimate of drug-likeness (QED) is 0.465. The van der Waals surface area contributed by atoms with Crippen LogP contribution in [0, 0.1) is 5.21 Å². The minimum Gasteiger partial charge on any atom is -0.628 e. The molecule has 0 unspecified atom stereocenters. The Kier molecular flexibility index (Phi) is 1.66. The van der Waals surface area contributed by atoms with Crippen molar-refractivity contribution < 1.29 is 10.2 Å². The molecule has 3 heteroatoms. The molecule has 0 aromatic carbocycles. The van der Waals surface area contributed by atoms with Gasteiger partial charge in [0.25, 0.3) is 5.88 Å². The lowest BCUT2D eigenvalue weighted by molar-refractivity contribution is -0.567. The highest BCUT2D eigenvalue weighted by Gasteiger charge is 1.95. The van der Waals surface area contributed by atoms with Gasteiger partial charge in [-0.2, -0.15) is 0 Å². The number of quaternary nitrogens is 1. The number of allylic oxidation sites excluding steroid dienone is 2. The van der Waals surface area contributed by atoms with Crippen molar-refractivity contribution >= 4 is 0 Å². The lowest BCUT2D eigenvalue weighted by atomic mass is 10.4. The summed E-state index contributed by atoms with van der Waals surface area (Å²) in [4.78, 5) is 0. The first-order valence-corrected chi connectivity index (χ1v) is 2.38. The Morgan fingerprint density at radius 2 is 2.62 bits per heavy atom. The van der Waals surface area contributed by atoms with Crippen molar-refractivity contribution in [2.45, 2.75) is 0 Å². The Labute approximate surface area is 47.2 Å². The summed E-state index contributed by atoms with van der Waals surface area (Å²) in [5.41, 5.74) is 0.698. The first-order chi connectivity index (χ1) is 3.93. The van der Waals surface area contributed by atoms with Gasteiger partial charge < -0.3 is 15.4 Å². The molecule has 0 atom stereocenters. The molecule has 1 heterocycles. The van der Waals surface area contributed by atoms with E-state index in [0.29, 0.717) is 18.0 Å². The van der Waals surface area contributed by atoms with E-state index in [2.05, 4.69) is 0 Å². The van der Waals surface area contributed by atoms with Crippen molar-refractivity contribution in [3.8, 4) is 0 Å². The van der Waals surface area contributed by atoms with E-state index in [1.54, 1.807) is 12.2 Å². The number of hydrogen-bond acceptors (Lipinski definition) is 2. The molecule has 0 spiro atoms. The van der Waals surface area contributed by atoms with Crippen LogP contribution in [-0.4, -0.2) is 6.61 Å². The van der Waals surface area contributed by atoms with Gasteiger partial charge in [-0.1, -0.05) is 6.08 Å². The van der Waals surface area contributed by atoms with E-state index in [0.717, 1.165) is 0 Å². The molecule has 0 aromatic heterocycles. The Morgan fingerprint density at radius 3 is 3.00 bits per heavy atom. The molecule has 0 amide bonds. The zero-order valence-electron chi connectivity index (χ0n) is 4.33. The predicted octanol–water partition coefficient (Wildman–Crippen LogP) is -0.525. The van der Waals surface area contributed by atoms with Crippen LogP contribution in [0.1, 0.15) is 0 Å². The summed E-state index contributed by atoms with van der Waals surface area (Å²) in [5.74, 6) is 0.410. The molecule has 8 heavy (non-hydrogen) atoms. The van der Waals surface area contributed by atoms with Crippen molar-refractivity contribution in [2.75, 3.05) is 6.61 Å². The molecule has 1 rings (SSSR count). The second-order valence-electron chi connectivity index (χ2n) is 1.43. The number of hydroxylamine groups is 1. The monoisotopic (exact) mass is 113 g/mol. The van der Waals surface area contributed by atoms with Gasteiger partial charge in [-0.05, 0) is 6.08 Å². The topological polar surface area (TPSA) is 48.9 Å². The van der Waals surface area contributed by atoms with Gasteiger partial charge in [0.05, 0.1) is 0 Å². The second-order valence-corrected chi connectivity index (χ2v) is 1.43. The Balaban J connectivity index is 2.50. The average molecular weight is 113 g/mol. The molecule has 1 aliphatic rings. The van der Waals surface area contributed by atoms with E-state index in [1.807, 2.05) is 6.08 Å². The van der Waals surface area contributed by atoms with Crippen LogP contribution in [-0.2, 0) is 4.74 Å². The normalized spacial score (nSPS) is 17.4. The molecule has 1 aliphatic heterocycles. The number of nitrogens with two attached hydrogens (primary N) is 1. The van der Waals surface area contributed by atoms with Gasteiger partial charge >= 0.3 is 0 Å². The molecular formula is C5H7NO2. The van der Waals surface area contributed by atoms with Crippen LogP contribution in [0.25, 0.3) is 0 Å². The minimum absolute atomic E-state index is 0.410. The molecule has 0 radical (unpaired) electrons. The zero-order chi connectivity index (χ0) is 5.82. The molecule has 0 saturated heterocycles. The molecular weight excluding hydrogens is 106 g/mol. The van der Waals surface area contributed by atoms with Crippen LogP contribution < -0.4 is 5.48 Å². The average Bonchev–Trinajstić information content (AvgIpc) is 1.90. The third-order valence-corrected chi connectivity index (χ3v) is 0.859. The van der Waals surface area contributed by atoms with Crippen molar-refractivity contribution in [3.05, 3.63) is 29.3 Å². The fourth-order valence-electron chi connectivity index (χ4n) is 0.484. The summed E-state index contributed by atoms with van der Waals surface area (Å²) in [5, 5.41) is 9.93. The maximum atomic E-state index is 9.93. The number of rotatable bonds is 1. The molecule has 44 valence electrons. The molecule has 0 aliphatic carbocycles. The molecule has 0 fully saturated rings. The highest BCUT2D eigenvalue weighted by Crippen LogP contribution is 1.93. The van der Waals surface area contributed by atoms with E-state index in [9.17, 15) is 5.21 Å². The van der Waals surface area contributed by atoms with Crippen LogP contribution in [0.15, 0.2) is 24.1 Å². The van der Waals surface area contributed by atoms with Gasteiger partial charge in [-0.15, -0.1) is 0 Å². The van der Waals surface area contributed by atoms with Gasteiger partial charge in [0, 0.05) is 6.08 Å². The fraction of sp³-hybridized carbons (Fsp3) is 0.200. The molecule has 0 saturated carbocycles. The lowest BCUT2D eigenvalue weighted by Gasteiger charge is -2.08. The first kappa shape index (κ1) is 5.34. The van der Waals surface area contributed by atoms with Crippen LogP contribution in [0.2, 0.25) is 0 Å². The molecule has 0 aromatic rings. The van der Waals surface area contributed by atoms with Gasteiger partial charge in [0.1, 0.15) is 6.61 Å². The van der Waals surface area contributed by atoms with E-state index in [1.165, 1.54) is 0 Å². The molecule has 2 N–H and O–H groups in total. The molecule has 0 bridgehead atoms. The largest absolute Gasteiger partial charge is 0.628 e. The van der Waals surface area contributed by atoms with E-state index in [4.69, 9.17) is 4.74 Å². The van der Waals surface area contributed by atoms with Gasteiger partial charge in [-0.3, -0.25) is 0 Å². The van der Waals surface area contributed by atoms with Crippen molar-refractivity contribution in [1.82, 2.24) is 0 Å². The third-order valence-electron chi connectivity index (χ3n) is 0.859. The van der Waals surface area contributed by atoms with Crippen LogP contribution >= 0.6 is 0 Å². The smallest absolute Gasteiger partial charge is 0.288 e. The number of hydrogen-bond donors (Lipinski definition) is 1. The fourth-order valence-corrected chi connectivity index (χ4v) is 0.484. The summed E-state index contributed by atoms with van der Waals surface area (Å²) in [6, 6.07) is 0. The first-order valence-electron chi connectivity index (χ1n) is 2.38. The Bertz CT molecular complexity index is 128. The van der Waals surface area contributed by atoms with Crippen LogP contribution in [0.3, 0.4) is 0 Å². The Hall–Kier alpha value is -0.800. The van der Waals surface area contributed by atoms with Crippen molar-refractivity contribution in [2.24, 2.45) is 0 Å². The van der Waals surface area contributed by atoms with Crippen LogP contribution in [0.4, 0.5) is 0 Å².